The Hall–Kier alpha value is -1.48. The van der Waals surface area contributed by atoms with Crippen molar-refractivity contribution in [1.82, 2.24) is 9.88 Å². The average Bonchev–Trinajstić information content (AvgIpc) is 2.93. The Morgan fingerprint density at radius 1 is 1.05 bits per heavy atom. The number of rotatable bonds is 8. The second kappa shape index (κ2) is 7.34. The van der Waals surface area contributed by atoms with Crippen molar-refractivity contribution in [2.24, 2.45) is 0 Å². The number of aromatic amines is 1. The molecule has 3 heteroatoms. The van der Waals surface area contributed by atoms with E-state index in [1.807, 2.05) is 6.20 Å². The normalized spacial score (nSPS) is 11.4. The summed E-state index contributed by atoms with van der Waals surface area (Å²) in [5.41, 5.74) is 2.52. The zero-order valence-corrected chi connectivity index (χ0v) is 12.9. The fourth-order valence-corrected chi connectivity index (χ4v) is 2.86. The molecule has 1 aromatic heterocycles. The summed E-state index contributed by atoms with van der Waals surface area (Å²) >= 11 is 0. The van der Waals surface area contributed by atoms with E-state index in [2.05, 4.69) is 41.9 Å². The van der Waals surface area contributed by atoms with Crippen LogP contribution in [0.4, 0.5) is 0 Å². The van der Waals surface area contributed by atoms with Gasteiger partial charge in [0, 0.05) is 29.2 Å². The van der Waals surface area contributed by atoms with Crippen molar-refractivity contribution in [2.75, 3.05) is 26.7 Å². The lowest BCUT2D eigenvalue weighted by atomic mass is 10.1. The lowest BCUT2D eigenvalue weighted by molar-refractivity contribution is 0.277. The van der Waals surface area contributed by atoms with E-state index in [4.69, 9.17) is 4.74 Å². The van der Waals surface area contributed by atoms with E-state index in [1.54, 1.807) is 7.11 Å². The Labute approximate surface area is 121 Å². The summed E-state index contributed by atoms with van der Waals surface area (Å²) in [6, 6.07) is 6.31. The maximum absolute atomic E-state index is 5.54. The third-order valence-electron chi connectivity index (χ3n) is 3.78. The van der Waals surface area contributed by atoms with E-state index in [1.165, 1.54) is 42.4 Å². The lowest BCUT2D eigenvalue weighted by Gasteiger charge is -2.21. The van der Waals surface area contributed by atoms with Gasteiger partial charge in [0.15, 0.2) is 0 Å². The van der Waals surface area contributed by atoms with E-state index in [0.717, 1.165) is 18.7 Å². The molecule has 0 aliphatic carbocycles. The first kappa shape index (κ1) is 14.9. The van der Waals surface area contributed by atoms with Crippen LogP contribution in [0.25, 0.3) is 10.9 Å². The molecule has 0 aliphatic heterocycles. The molecule has 0 unspecified atom stereocenters. The molecule has 1 aromatic carbocycles. The van der Waals surface area contributed by atoms with Gasteiger partial charge in [-0.25, -0.2) is 0 Å². The summed E-state index contributed by atoms with van der Waals surface area (Å²) in [5.74, 6) is 1.00. The van der Waals surface area contributed by atoms with Gasteiger partial charge in [0.2, 0.25) is 0 Å². The number of hydrogen-bond donors (Lipinski definition) is 1. The first-order valence-electron chi connectivity index (χ1n) is 7.65. The van der Waals surface area contributed by atoms with Gasteiger partial charge in [0.1, 0.15) is 5.75 Å². The summed E-state index contributed by atoms with van der Waals surface area (Å²) in [6.07, 6.45) is 5.47. The molecule has 0 saturated carbocycles. The Bertz CT molecular complexity index is 527. The van der Waals surface area contributed by atoms with Crippen LogP contribution in [0.5, 0.6) is 5.75 Å². The van der Waals surface area contributed by atoms with Crippen molar-refractivity contribution < 1.29 is 4.74 Å². The molecule has 0 bridgehead atoms. The first-order chi connectivity index (χ1) is 9.80. The Morgan fingerprint density at radius 2 is 1.80 bits per heavy atom. The quantitative estimate of drug-likeness (QED) is 0.792. The molecule has 20 heavy (non-hydrogen) atoms. The van der Waals surface area contributed by atoms with E-state index in [-0.39, 0.29) is 0 Å². The molecular formula is C17H26N2O. The Balaban J connectivity index is 2.16. The second-order valence-corrected chi connectivity index (χ2v) is 5.28. The number of ether oxygens (including phenoxy) is 1. The topological polar surface area (TPSA) is 28.3 Å². The Kier molecular flexibility index (Phi) is 5.48. The van der Waals surface area contributed by atoms with E-state index >= 15 is 0 Å². The maximum Gasteiger partial charge on any atom is 0.122 e. The van der Waals surface area contributed by atoms with Crippen LogP contribution in [0.3, 0.4) is 0 Å². The summed E-state index contributed by atoms with van der Waals surface area (Å²) in [5, 5.41) is 1.29. The van der Waals surface area contributed by atoms with Crippen LogP contribution >= 0.6 is 0 Å². The molecule has 110 valence electrons. The van der Waals surface area contributed by atoms with E-state index < -0.39 is 0 Å². The summed E-state index contributed by atoms with van der Waals surface area (Å²) in [7, 11) is 1.76. The third-order valence-corrected chi connectivity index (χ3v) is 3.78. The van der Waals surface area contributed by atoms with Gasteiger partial charge >= 0.3 is 0 Å². The van der Waals surface area contributed by atoms with Gasteiger partial charge in [-0.05, 0) is 50.6 Å². The zero-order valence-electron chi connectivity index (χ0n) is 12.9. The average molecular weight is 274 g/mol. The number of H-pyrrole nitrogens is 1. The van der Waals surface area contributed by atoms with E-state index in [9.17, 15) is 0 Å². The van der Waals surface area contributed by atoms with Gasteiger partial charge in [0.05, 0.1) is 7.11 Å². The second-order valence-electron chi connectivity index (χ2n) is 5.28. The molecule has 0 amide bonds. The summed E-state index contributed by atoms with van der Waals surface area (Å²) in [4.78, 5) is 5.83. The van der Waals surface area contributed by atoms with Crippen molar-refractivity contribution in [3.05, 3.63) is 30.0 Å². The van der Waals surface area contributed by atoms with E-state index in [0.29, 0.717) is 0 Å². The Morgan fingerprint density at radius 3 is 2.45 bits per heavy atom. The van der Waals surface area contributed by atoms with Crippen molar-refractivity contribution >= 4 is 10.9 Å². The smallest absolute Gasteiger partial charge is 0.122 e. The zero-order chi connectivity index (χ0) is 14.4. The maximum atomic E-state index is 5.54. The number of methoxy groups -OCH3 is 1. The number of hydrogen-bond acceptors (Lipinski definition) is 2. The molecule has 1 N–H and O–H groups in total. The highest BCUT2D eigenvalue weighted by atomic mass is 16.5. The van der Waals surface area contributed by atoms with Gasteiger partial charge in [-0.2, -0.15) is 0 Å². The van der Waals surface area contributed by atoms with Crippen LogP contribution in [-0.4, -0.2) is 36.6 Å². The van der Waals surface area contributed by atoms with Crippen LogP contribution < -0.4 is 4.74 Å². The third kappa shape index (κ3) is 3.34. The fraction of sp³-hybridized carbons (Fsp3) is 0.529. The first-order valence-corrected chi connectivity index (χ1v) is 7.65. The highest BCUT2D eigenvalue weighted by Crippen LogP contribution is 2.28. The molecule has 0 fully saturated rings. The van der Waals surface area contributed by atoms with Gasteiger partial charge in [-0.15, -0.1) is 0 Å². The minimum Gasteiger partial charge on any atom is -0.496 e. The number of nitrogens with one attached hydrogen (secondary N) is 1. The molecule has 0 saturated heterocycles. The molecule has 2 aromatic rings. The molecule has 2 rings (SSSR count). The molecule has 3 nitrogen and oxygen atoms in total. The molecule has 0 aliphatic rings. The van der Waals surface area contributed by atoms with Crippen LogP contribution in [0, 0.1) is 0 Å². The van der Waals surface area contributed by atoms with Crippen LogP contribution in [0.15, 0.2) is 24.4 Å². The van der Waals surface area contributed by atoms with Gasteiger partial charge in [-0.3, -0.25) is 0 Å². The van der Waals surface area contributed by atoms with Gasteiger partial charge in [-0.1, -0.05) is 13.8 Å². The molecular weight excluding hydrogens is 248 g/mol. The van der Waals surface area contributed by atoms with Gasteiger partial charge < -0.3 is 14.6 Å². The van der Waals surface area contributed by atoms with Crippen LogP contribution in [0.2, 0.25) is 0 Å². The molecule has 0 atom stereocenters. The lowest BCUT2D eigenvalue weighted by Crippen LogP contribution is -2.27. The summed E-state index contributed by atoms with van der Waals surface area (Å²) < 4.78 is 5.54. The van der Waals surface area contributed by atoms with Gasteiger partial charge in [0.25, 0.3) is 0 Å². The van der Waals surface area contributed by atoms with Crippen LogP contribution in [-0.2, 0) is 6.42 Å². The standard InChI is InChI=1S/C17H26N2O/c1-4-11-19(12-5-2)13-9-15-14-8-10-18-16(14)6-7-17(15)20-3/h6-8,10,18H,4-5,9,11-13H2,1-3H3. The SMILES string of the molecule is CCCN(CCC)CCc1c(OC)ccc2[nH]ccc12. The monoisotopic (exact) mass is 274 g/mol. The number of benzene rings is 1. The van der Waals surface area contributed by atoms with Crippen molar-refractivity contribution in [3.8, 4) is 5.75 Å². The largest absolute Gasteiger partial charge is 0.496 e. The van der Waals surface area contributed by atoms with Crippen molar-refractivity contribution in [3.63, 3.8) is 0 Å². The highest BCUT2D eigenvalue weighted by Gasteiger charge is 2.11. The predicted molar refractivity (Wildman–Crippen MR) is 85.6 cm³/mol. The van der Waals surface area contributed by atoms with Crippen molar-refractivity contribution in [1.29, 1.82) is 0 Å². The molecule has 0 spiro atoms. The molecule has 1 heterocycles. The number of fused-ring (bicyclic) bond motifs is 1. The van der Waals surface area contributed by atoms with Crippen LogP contribution in [0.1, 0.15) is 32.3 Å². The summed E-state index contributed by atoms with van der Waals surface area (Å²) in [6.45, 7) is 7.95. The minimum atomic E-state index is 1.00. The fourth-order valence-electron chi connectivity index (χ4n) is 2.86. The predicted octanol–water partition coefficient (Wildman–Crippen LogP) is 3.84. The van der Waals surface area contributed by atoms with Crippen molar-refractivity contribution in [2.45, 2.75) is 33.1 Å². The molecule has 0 radical (unpaired) electrons. The highest BCUT2D eigenvalue weighted by molar-refractivity contribution is 5.85. The number of nitrogens with zero attached hydrogens (tertiary/aromatic N) is 1. The number of aromatic nitrogens is 1. The minimum absolute atomic E-state index is 1.00.